The Morgan fingerprint density at radius 2 is 2.38 bits per heavy atom. The number of aromatic nitrogens is 1. The van der Waals surface area contributed by atoms with E-state index >= 15 is 0 Å². The number of amides is 1. The van der Waals surface area contributed by atoms with Gasteiger partial charge in [-0.3, -0.25) is 9.00 Å². The van der Waals surface area contributed by atoms with E-state index in [0.717, 1.165) is 0 Å². The number of pyridine rings is 1. The number of nitrogens with one attached hydrogen (secondary N) is 1. The van der Waals surface area contributed by atoms with Crippen LogP contribution in [-0.4, -0.2) is 33.7 Å². The smallest absolute Gasteiger partial charge is 0.253 e. The Labute approximate surface area is 101 Å². The fraction of sp³-hybridized carbons (Fsp3) is 0.333. The van der Waals surface area contributed by atoms with Gasteiger partial charge in [0.1, 0.15) is 5.82 Å². The lowest BCUT2D eigenvalue weighted by atomic mass is 10.2. The van der Waals surface area contributed by atoms with E-state index in [9.17, 15) is 9.00 Å². The number of rotatable bonds is 4. The van der Waals surface area contributed by atoms with Crippen LogP contribution in [0.1, 0.15) is 10.4 Å². The molecule has 1 heterocycles. The molecule has 1 atom stereocenters. The van der Waals surface area contributed by atoms with Gasteiger partial charge in [-0.1, -0.05) is 11.6 Å². The van der Waals surface area contributed by atoms with Gasteiger partial charge in [-0.2, -0.15) is 0 Å². The van der Waals surface area contributed by atoms with Gasteiger partial charge in [0.15, 0.2) is 0 Å². The van der Waals surface area contributed by atoms with Crippen LogP contribution in [0.2, 0.25) is 5.02 Å². The molecule has 0 aliphatic rings. The van der Waals surface area contributed by atoms with Crippen molar-refractivity contribution in [3.63, 3.8) is 0 Å². The molecule has 0 spiro atoms. The summed E-state index contributed by atoms with van der Waals surface area (Å²) < 4.78 is 10.8. The molecule has 0 fully saturated rings. The molecule has 7 heteroatoms. The minimum absolute atomic E-state index is 0.230. The van der Waals surface area contributed by atoms with E-state index in [1.807, 2.05) is 0 Å². The maximum Gasteiger partial charge on any atom is 0.253 e. The van der Waals surface area contributed by atoms with Crippen LogP contribution in [0.5, 0.6) is 0 Å². The second kappa shape index (κ2) is 5.81. The Balaban J connectivity index is 2.65. The quantitative estimate of drug-likeness (QED) is 0.823. The zero-order chi connectivity index (χ0) is 12.1. The van der Waals surface area contributed by atoms with Crippen molar-refractivity contribution in [2.24, 2.45) is 0 Å². The maximum absolute atomic E-state index is 11.6. The number of carbonyl (C=O) groups is 1. The number of nitrogens with zero attached hydrogens (tertiary/aromatic N) is 1. The van der Waals surface area contributed by atoms with Crippen LogP contribution in [0.25, 0.3) is 0 Å². The first-order valence-corrected chi connectivity index (χ1v) is 6.60. The summed E-state index contributed by atoms with van der Waals surface area (Å²) in [4.78, 5) is 15.4. The first kappa shape index (κ1) is 12.9. The predicted molar refractivity (Wildman–Crippen MR) is 64.9 cm³/mol. The van der Waals surface area contributed by atoms with Crippen molar-refractivity contribution in [2.75, 3.05) is 24.3 Å². The molecule has 0 saturated carbocycles. The molecule has 1 amide bonds. The van der Waals surface area contributed by atoms with Crippen LogP contribution < -0.4 is 11.1 Å². The Kier molecular flexibility index (Phi) is 4.70. The van der Waals surface area contributed by atoms with Crippen molar-refractivity contribution in [2.45, 2.75) is 0 Å². The molecule has 16 heavy (non-hydrogen) atoms. The van der Waals surface area contributed by atoms with Crippen molar-refractivity contribution in [1.29, 1.82) is 0 Å². The average Bonchev–Trinajstić information content (AvgIpc) is 2.21. The monoisotopic (exact) mass is 261 g/mol. The van der Waals surface area contributed by atoms with Crippen LogP contribution in [0, 0.1) is 0 Å². The van der Waals surface area contributed by atoms with Gasteiger partial charge in [0.25, 0.3) is 5.91 Å². The van der Waals surface area contributed by atoms with E-state index in [0.29, 0.717) is 12.3 Å². The Bertz CT molecular complexity index is 425. The molecule has 1 aromatic rings. The predicted octanol–water partition coefficient (Wildman–Crippen LogP) is 0.426. The van der Waals surface area contributed by atoms with Gasteiger partial charge in [-0.05, 0) is 6.07 Å². The normalized spacial score (nSPS) is 12.1. The van der Waals surface area contributed by atoms with Gasteiger partial charge in [-0.25, -0.2) is 4.98 Å². The van der Waals surface area contributed by atoms with Crippen LogP contribution in [0.3, 0.4) is 0 Å². The molecule has 0 saturated heterocycles. The standard InChI is InChI=1S/C9H12ClN3O2S/c1-16(15)3-2-12-9(14)6-4-8(11)13-5-7(6)10/h4-5H,2-3H2,1H3,(H2,11,13)(H,12,14). The molecule has 88 valence electrons. The molecule has 5 nitrogen and oxygen atoms in total. The molecule has 0 aliphatic heterocycles. The molecule has 0 bridgehead atoms. The molecule has 0 aromatic carbocycles. The summed E-state index contributed by atoms with van der Waals surface area (Å²) in [5, 5.41) is 2.84. The van der Waals surface area contributed by atoms with Crippen molar-refractivity contribution in [3.05, 3.63) is 22.8 Å². The van der Waals surface area contributed by atoms with E-state index in [-0.39, 0.29) is 22.3 Å². The number of nitrogen functional groups attached to an aromatic ring is 1. The van der Waals surface area contributed by atoms with Crippen LogP contribution in [0.15, 0.2) is 12.3 Å². The summed E-state index contributed by atoms with van der Waals surface area (Å²) in [6, 6.07) is 1.40. The molecule has 1 rings (SSSR count). The first-order chi connectivity index (χ1) is 7.50. The van der Waals surface area contributed by atoms with Gasteiger partial charge >= 0.3 is 0 Å². The molecular weight excluding hydrogens is 250 g/mol. The fourth-order valence-corrected chi connectivity index (χ4v) is 1.61. The third-order valence-electron chi connectivity index (χ3n) is 1.80. The SMILES string of the molecule is CS(=O)CCNC(=O)c1cc(N)ncc1Cl. The summed E-state index contributed by atoms with van der Waals surface area (Å²) in [6.07, 6.45) is 2.90. The van der Waals surface area contributed by atoms with E-state index in [4.69, 9.17) is 17.3 Å². The van der Waals surface area contributed by atoms with Gasteiger partial charge in [0, 0.05) is 35.5 Å². The lowest BCUT2D eigenvalue weighted by Gasteiger charge is -2.06. The van der Waals surface area contributed by atoms with Gasteiger partial charge in [0.05, 0.1) is 10.6 Å². The van der Waals surface area contributed by atoms with Crippen LogP contribution in [-0.2, 0) is 10.8 Å². The second-order valence-corrected chi connectivity index (χ2v) is 5.08. The topological polar surface area (TPSA) is 85.1 Å². The van der Waals surface area contributed by atoms with Crippen LogP contribution >= 0.6 is 11.6 Å². The fourth-order valence-electron chi connectivity index (χ4n) is 1.03. The minimum atomic E-state index is -0.933. The molecule has 3 N–H and O–H groups in total. The molecule has 1 aromatic heterocycles. The number of carbonyl (C=O) groups excluding carboxylic acids is 1. The molecule has 0 radical (unpaired) electrons. The van der Waals surface area contributed by atoms with Crippen molar-refractivity contribution in [3.8, 4) is 0 Å². The minimum Gasteiger partial charge on any atom is -0.384 e. The zero-order valence-corrected chi connectivity index (χ0v) is 10.3. The summed E-state index contributed by atoms with van der Waals surface area (Å²) in [5.74, 6) is 0.294. The highest BCUT2D eigenvalue weighted by Gasteiger charge is 2.10. The molecule has 0 aliphatic carbocycles. The maximum atomic E-state index is 11.6. The zero-order valence-electron chi connectivity index (χ0n) is 8.70. The van der Waals surface area contributed by atoms with Gasteiger partial charge in [-0.15, -0.1) is 0 Å². The Morgan fingerprint density at radius 3 is 3.00 bits per heavy atom. The molecule has 1 unspecified atom stereocenters. The largest absolute Gasteiger partial charge is 0.384 e. The highest BCUT2D eigenvalue weighted by Crippen LogP contribution is 2.15. The van der Waals surface area contributed by atoms with Gasteiger partial charge < -0.3 is 11.1 Å². The van der Waals surface area contributed by atoms with Gasteiger partial charge in [0.2, 0.25) is 0 Å². The van der Waals surface area contributed by atoms with Crippen molar-refractivity contribution in [1.82, 2.24) is 10.3 Å². The summed E-state index contributed by atoms with van der Waals surface area (Å²) in [7, 11) is -0.933. The number of anilines is 1. The van der Waals surface area contributed by atoms with E-state index in [2.05, 4.69) is 10.3 Å². The van der Waals surface area contributed by atoms with E-state index < -0.39 is 10.8 Å². The number of hydrogen-bond acceptors (Lipinski definition) is 4. The number of halogens is 1. The van der Waals surface area contributed by atoms with Crippen LogP contribution in [0.4, 0.5) is 5.82 Å². The summed E-state index contributed by atoms with van der Waals surface area (Å²) >= 11 is 5.79. The first-order valence-electron chi connectivity index (χ1n) is 4.50. The Hall–Kier alpha value is -1.14. The summed E-state index contributed by atoms with van der Waals surface area (Å²) in [6.45, 7) is 0.334. The average molecular weight is 262 g/mol. The Morgan fingerprint density at radius 1 is 1.69 bits per heavy atom. The van der Waals surface area contributed by atoms with E-state index in [1.54, 1.807) is 6.26 Å². The number of hydrogen-bond donors (Lipinski definition) is 2. The molecular formula is C9H12ClN3O2S. The lowest BCUT2D eigenvalue weighted by molar-refractivity contribution is 0.0956. The summed E-state index contributed by atoms with van der Waals surface area (Å²) in [5.41, 5.74) is 5.72. The second-order valence-electron chi connectivity index (χ2n) is 3.12. The van der Waals surface area contributed by atoms with E-state index in [1.165, 1.54) is 12.3 Å². The number of nitrogens with two attached hydrogens (primary N) is 1. The van der Waals surface area contributed by atoms with Crippen molar-refractivity contribution >= 4 is 34.1 Å². The third kappa shape index (κ3) is 3.79. The van der Waals surface area contributed by atoms with Crippen molar-refractivity contribution < 1.29 is 9.00 Å². The highest BCUT2D eigenvalue weighted by molar-refractivity contribution is 7.84. The third-order valence-corrected chi connectivity index (χ3v) is 2.88. The highest BCUT2D eigenvalue weighted by atomic mass is 35.5. The lowest BCUT2D eigenvalue weighted by Crippen LogP contribution is -2.27.